The van der Waals surface area contributed by atoms with Crippen LogP contribution in [-0.4, -0.2) is 72.6 Å². The minimum Gasteiger partial charge on any atom is -0.380 e. The zero-order chi connectivity index (χ0) is 33.8. The summed E-state index contributed by atoms with van der Waals surface area (Å²) in [6.45, 7) is 3.08. The van der Waals surface area contributed by atoms with Gasteiger partial charge in [-0.15, -0.1) is 11.3 Å². The number of carbonyl (C=O) groups excluding carboxylic acids is 4. The highest BCUT2D eigenvalue weighted by Crippen LogP contribution is 2.36. The number of likely N-dealkylation sites (tertiary alicyclic amines) is 1. The molecule has 2 fully saturated rings. The van der Waals surface area contributed by atoms with Crippen LogP contribution in [0.15, 0.2) is 71.2 Å². The van der Waals surface area contributed by atoms with Gasteiger partial charge in [-0.2, -0.15) is 8.78 Å². The highest BCUT2D eigenvalue weighted by atomic mass is 32.1. The molecule has 1 spiro atoms. The van der Waals surface area contributed by atoms with Crippen LogP contribution >= 0.6 is 11.3 Å². The van der Waals surface area contributed by atoms with Crippen LogP contribution < -0.4 is 16.4 Å². The first-order chi connectivity index (χ1) is 22.4. The molecule has 3 amide bonds. The summed E-state index contributed by atoms with van der Waals surface area (Å²) >= 11 is 1.31. The number of amides is 3. The van der Waals surface area contributed by atoms with E-state index in [4.69, 9.17) is 15.2 Å². The van der Waals surface area contributed by atoms with E-state index in [-0.39, 0.29) is 35.5 Å². The molecule has 1 unspecified atom stereocenters. The van der Waals surface area contributed by atoms with Gasteiger partial charge in [-0.1, -0.05) is 47.6 Å². The van der Waals surface area contributed by atoms with E-state index >= 15 is 0 Å². The predicted molar refractivity (Wildman–Crippen MR) is 166 cm³/mol. The highest BCUT2D eigenvalue weighted by Gasteiger charge is 2.52. The van der Waals surface area contributed by atoms with Gasteiger partial charge < -0.3 is 35.6 Å². The van der Waals surface area contributed by atoms with Gasteiger partial charge in [0.05, 0.1) is 32.3 Å². The Balaban J connectivity index is 1.22. The fourth-order valence-corrected chi connectivity index (χ4v) is 6.22. The fourth-order valence-electron chi connectivity index (χ4n) is 5.31. The Morgan fingerprint density at radius 1 is 1.09 bits per heavy atom. The number of hydrogen-bond donors (Lipinski definition) is 3. The Bertz CT molecular complexity index is 1660. The maximum absolute atomic E-state index is 14.9. The molecule has 0 radical (unpaired) electrons. The molecule has 1 aromatic heterocycles. The van der Waals surface area contributed by atoms with Crippen LogP contribution in [0.3, 0.4) is 0 Å². The van der Waals surface area contributed by atoms with Crippen molar-refractivity contribution in [2.75, 3.05) is 26.3 Å². The summed E-state index contributed by atoms with van der Waals surface area (Å²) in [6, 6.07) is 12.4. The van der Waals surface area contributed by atoms with Crippen molar-refractivity contribution in [2.24, 2.45) is 10.9 Å². The smallest absolute Gasteiger partial charge is 0.332 e. The standard InChI is InChI=1S/C32H33F2N5O7S/c1-19(26-14-22(17-47-26)28(35)38-46-20(2)40)37-30(43)25-15-31(44-12-13-45-31)18-39(25)27(41)16-36-29(42)21-8-10-24(11-9-21)32(33,34)23-6-4-3-5-7-23/h3-11,14,17,19,25H,12-13,15-16,18H2,1-2H3,(H2,35,38)(H,36,42)(H,37,43)/t19-,25?/m1/s1. The van der Waals surface area contributed by atoms with Crippen LogP contribution in [0, 0.1) is 0 Å². The topological polar surface area (TPSA) is 162 Å². The average molecular weight is 670 g/mol. The van der Waals surface area contributed by atoms with Crippen LogP contribution in [0.1, 0.15) is 58.2 Å². The predicted octanol–water partition coefficient (Wildman–Crippen LogP) is 3.02. The first-order valence-corrected chi connectivity index (χ1v) is 15.6. The number of carbonyl (C=O) groups is 4. The third-order valence-corrected chi connectivity index (χ3v) is 8.86. The van der Waals surface area contributed by atoms with E-state index in [9.17, 15) is 28.0 Å². The maximum Gasteiger partial charge on any atom is 0.332 e. The number of rotatable bonds is 10. The van der Waals surface area contributed by atoms with Gasteiger partial charge in [0, 0.05) is 45.9 Å². The SMILES string of the molecule is CC(=O)ON=C(N)c1csc([C@@H](C)NC(=O)C2CC3(CN2C(=O)CNC(=O)c2ccc(C(F)(F)c4ccccc4)cc2)OCCO3)c1. The second-order valence-corrected chi connectivity index (χ2v) is 12.0. The Morgan fingerprint density at radius 3 is 2.40 bits per heavy atom. The third-order valence-electron chi connectivity index (χ3n) is 7.75. The minimum absolute atomic E-state index is 0.00521. The van der Waals surface area contributed by atoms with E-state index in [1.807, 2.05) is 0 Å². The summed E-state index contributed by atoms with van der Waals surface area (Å²) in [7, 11) is 0. The molecule has 2 aliphatic heterocycles. The summed E-state index contributed by atoms with van der Waals surface area (Å²) in [6.07, 6.45) is 0.0833. The summed E-state index contributed by atoms with van der Waals surface area (Å²) in [5, 5.41) is 10.7. The van der Waals surface area contributed by atoms with Gasteiger partial charge in [-0.3, -0.25) is 14.4 Å². The van der Waals surface area contributed by atoms with Gasteiger partial charge in [0.2, 0.25) is 11.8 Å². The number of nitrogens with zero attached hydrogens (tertiary/aromatic N) is 2. The van der Waals surface area contributed by atoms with Crippen molar-refractivity contribution in [2.45, 2.75) is 44.1 Å². The van der Waals surface area contributed by atoms with E-state index < -0.39 is 54.0 Å². The number of halogens is 2. The molecule has 248 valence electrons. The Morgan fingerprint density at radius 2 is 1.74 bits per heavy atom. The molecule has 12 nitrogen and oxygen atoms in total. The number of thiophene rings is 1. The zero-order valence-corrected chi connectivity index (χ0v) is 26.4. The highest BCUT2D eigenvalue weighted by molar-refractivity contribution is 7.10. The van der Waals surface area contributed by atoms with Crippen LogP contribution in [0.25, 0.3) is 0 Å². The van der Waals surface area contributed by atoms with Crippen LogP contribution in [0.5, 0.6) is 0 Å². The van der Waals surface area contributed by atoms with E-state index in [1.54, 1.807) is 24.4 Å². The van der Waals surface area contributed by atoms with E-state index in [0.29, 0.717) is 18.8 Å². The average Bonchev–Trinajstić information content (AvgIpc) is 3.83. The fraction of sp³-hybridized carbons (Fsp3) is 0.344. The van der Waals surface area contributed by atoms with Crippen LogP contribution in [0.2, 0.25) is 0 Å². The first kappa shape index (κ1) is 33.6. The molecule has 15 heteroatoms. The summed E-state index contributed by atoms with van der Waals surface area (Å²) < 4.78 is 41.4. The first-order valence-electron chi connectivity index (χ1n) is 14.7. The molecule has 3 aromatic rings. The molecule has 3 heterocycles. The second-order valence-electron chi connectivity index (χ2n) is 11.1. The molecule has 2 atom stereocenters. The van der Waals surface area contributed by atoms with Gasteiger partial charge in [-0.25, -0.2) is 4.79 Å². The number of oxime groups is 1. The van der Waals surface area contributed by atoms with Crippen molar-refractivity contribution >= 4 is 40.9 Å². The van der Waals surface area contributed by atoms with E-state index in [1.165, 1.54) is 71.7 Å². The Kier molecular flexibility index (Phi) is 9.98. The van der Waals surface area contributed by atoms with E-state index in [0.717, 1.165) is 4.88 Å². The number of nitrogens with two attached hydrogens (primary N) is 1. The lowest BCUT2D eigenvalue weighted by Gasteiger charge is -2.25. The Labute approximate surface area is 272 Å². The van der Waals surface area contributed by atoms with Gasteiger partial charge in [-0.05, 0) is 25.1 Å². The van der Waals surface area contributed by atoms with Gasteiger partial charge in [0.1, 0.15) is 6.04 Å². The molecule has 47 heavy (non-hydrogen) atoms. The molecule has 2 saturated heterocycles. The van der Waals surface area contributed by atoms with Gasteiger partial charge >= 0.3 is 5.97 Å². The molecule has 0 saturated carbocycles. The molecular weight excluding hydrogens is 636 g/mol. The Hall–Kier alpha value is -4.73. The minimum atomic E-state index is -3.26. The van der Waals surface area contributed by atoms with Crippen molar-refractivity contribution in [1.29, 1.82) is 0 Å². The number of alkyl halides is 2. The van der Waals surface area contributed by atoms with Crippen molar-refractivity contribution in [3.05, 3.63) is 93.2 Å². The molecule has 0 bridgehead atoms. The summed E-state index contributed by atoms with van der Waals surface area (Å²) in [5.74, 6) is -6.69. The monoisotopic (exact) mass is 669 g/mol. The second kappa shape index (κ2) is 13.9. The van der Waals surface area contributed by atoms with Crippen molar-refractivity contribution in [3.8, 4) is 0 Å². The number of amidine groups is 1. The molecule has 0 aliphatic carbocycles. The number of nitrogens with one attached hydrogen (secondary N) is 2. The lowest BCUT2D eigenvalue weighted by molar-refractivity contribution is -0.152. The zero-order valence-electron chi connectivity index (χ0n) is 25.5. The van der Waals surface area contributed by atoms with Gasteiger partial charge in [0.15, 0.2) is 11.6 Å². The quantitative estimate of drug-likeness (QED) is 0.129. The van der Waals surface area contributed by atoms with Crippen molar-refractivity contribution < 1.29 is 42.3 Å². The summed E-state index contributed by atoms with van der Waals surface area (Å²) in [5.41, 5.74) is 6.00. The third kappa shape index (κ3) is 7.64. The van der Waals surface area contributed by atoms with Crippen LogP contribution in [-0.2, 0) is 34.6 Å². The van der Waals surface area contributed by atoms with Crippen LogP contribution in [0.4, 0.5) is 8.78 Å². The number of benzene rings is 2. The number of ether oxygens (including phenoxy) is 2. The van der Waals surface area contributed by atoms with Crippen molar-refractivity contribution in [3.63, 3.8) is 0 Å². The molecule has 2 aromatic carbocycles. The summed E-state index contributed by atoms with van der Waals surface area (Å²) in [4.78, 5) is 57.4. The van der Waals surface area contributed by atoms with Gasteiger partial charge in [0.25, 0.3) is 11.8 Å². The molecule has 5 rings (SSSR count). The normalized spacial score (nSPS) is 18.2. The maximum atomic E-state index is 14.9. The molecular formula is C32H33F2N5O7S. The lowest BCUT2D eigenvalue weighted by atomic mass is 9.99. The lowest BCUT2D eigenvalue weighted by Crippen LogP contribution is -2.49. The number of hydrogen-bond acceptors (Lipinski definition) is 9. The molecule has 2 aliphatic rings. The molecule has 4 N–H and O–H groups in total. The van der Waals surface area contributed by atoms with Crippen molar-refractivity contribution in [1.82, 2.24) is 15.5 Å². The van der Waals surface area contributed by atoms with E-state index in [2.05, 4.69) is 20.6 Å². The largest absolute Gasteiger partial charge is 0.380 e.